The van der Waals surface area contributed by atoms with E-state index in [1.165, 1.54) is 7.11 Å². The molecule has 140 valence electrons. The highest BCUT2D eigenvalue weighted by Crippen LogP contribution is 2.34. The van der Waals surface area contributed by atoms with E-state index in [4.69, 9.17) is 32.5 Å². The van der Waals surface area contributed by atoms with Gasteiger partial charge in [-0.25, -0.2) is 0 Å². The summed E-state index contributed by atoms with van der Waals surface area (Å²) in [6.45, 7) is 5.47. The fourth-order valence-electron chi connectivity index (χ4n) is 3.14. The Morgan fingerprint density at radius 2 is 2.00 bits per heavy atom. The van der Waals surface area contributed by atoms with E-state index in [-0.39, 0.29) is 5.91 Å². The molecule has 1 amide bonds. The van der Waals surface area contributed by atoms with Gasteiger partial charge in [-0.15, -0.1) is 0 Å². The van der Waals surface area contributed by atoms with E-state index in [1.54, 1.807) is 17.0 Å². The Morgan fingerprint density at radius 1 is 1.23 bits per heavy atom. The molecule has 0 bridgehead atoms. The molecule has 6 nitrogen and oxygen atoms in total. The van der Waals surface area contributed by atoms with Crippen molar-refractivity contribution in [2.75, 3.05) is 33.3 Å². The van der Waals surface area contributed by atoms with Crippen LogP contribution in [-0.2, 0) is 6.54 Å². The predicted octanol–water partition coefficient (Wildman–Crippen LogP) is 3.65. The zero-order valence-corrected chi connectivity index (χ0v) is 16.3. The van der Waals surface area contributed by atoms with Gasteiger partial charge in [-0.3, -0.25) is 9.69 Å². The Labute approximate surface area is 162 Å². The van der Waals surface area contributed by atoms with E-state index >= 15 is 0 Å². The lowest BCUT2D eigenvalue weighted by molar-refractivity contribution is 0.0757. The second kappa shape index (κ2) is 8.29. The van der Waals surface area contributed by atoms with Crippen LogP contribution in [0, 0.1) is 6.92 Å². The molecule has 0 saturated carbocycles. The van der Waals surface area contributed by atoms with E-state index < -0.39 is 0 Å². The minimum absolute atomic E-state index is 0.159. The van der Waals surface area contributed by atoms with E-state index in [0.717, 1.165) is 31.0 Å². The Balaban J connectivity index is 1.71. The molecule has 1 fully saturated rings. The Morgan fingerprint density at radius 3 is 2.69 bits per heavy atom. The number of carbonyl (C=O) groups excluding carboxylic acids is 1. The number of hydrogen-bond acceptors (Lipinski definition) is 5. The summed E-state index contributed by atoms with van der Waals surface area (Å²) in [6.07, 6.45) is 0.864. The molecule has 26 heavy (non-hydrogen) atoms. The molecule has 1 aliphatic rings. The zero-order chi connectivity index (χ0) is 18.7. The van der Waals surface area contributed by atoms with Crippen molar-refractivity contribution >= 4 is 29.1 Å². The van der Waals surface area contributed by atoms with Crippen molar-refractivity contribution < 1.29 is 14.1 Å². The number of benzene rings is 1. The van der Waals surface area contributed by atoms with Crippen molar-refractivity contribution in [3.63, 3.8) is 0 Å². The molecule has 2 aromatic rings. The van der Waals surface area contributed by atoms with Crippen LogP contribution >= 0.6 is 23.2 Å². The molecule has 2 heterocycles. The first kappa shape index (κ1) is 19.0. The maximum atomic E-state index is 13.0. The van der Waals surface area contributed by atoms with Crippen LogP contribution in [0.2, 0.25) is 10.0 Å². The average molecular weight is 398 g/mol. The topological polar surface area (TPSA) is 58.8 Å². The summed E-state index contributed by atoms with van der Waals surface area (Å²) in [5.74, 6) is 0.964. The number of aromatic nitrogens is 1. The first-order valence-electron chi connectivity index (χ1n) is 8.45. The number of nitrogens with zero attached hydrogens (tertiary/aromatic N) is 3. The van der Waals surface area contributed by atoms with Crippen LogP contribution in [0.1, 0.15) is 28.2 Å². The van der Waals surface area contributed by atoms with Crippen LogP contribution in [0.15, 0.2) is 22.7 Å². The van der Waals surface area contributed by atoms with Gasteiger partial charge in [-0.1, -0.05) is 28.4 Å². The monoisotopic (exact) mass is 397 g/mol. The number of halogens is 2. The average Bonchev–Trinajstić information content (AvgIpc) is 2.89. The van der Waals surface area contributed by atoms with Crippen LogP contribution in [0.5, 0.6) is 5.75 Å². The van der Waals surface area contributed by atoms with E-state index in [2.05, 4.69) is 10.1 Å². The molecule has 0 atom stereocenters. The van der Waals surface area contributed by atoms with Crippen LogP contribution in [0.25, 0.3) is 0 Å². The van der Waals surface area contributed by atoms with Gasteiger partial charge in [0.25, 0.3) is 5.91 Å². The molecule has 0 spiro atoms. The third kappa shape index (κ3) is 4.14. The summed E-state index contributed by atoms with van der Waals surface area (Å²) in [7, 11) is 1.48. The first-order chi connectivity index (χ1) is 12.5. The number of carbonyl (C=O) groups is 1. The second-order valence-corrected chi connectivity index (χ2v) is 7.10. The van der Waals surface area contributed by atoms with Gasteiger partial charge in [0.2, 0.25) is 0 Å². The largest absolute Gasteiger partial charge is 0.494 e. The van der Waals surface area contributed by atoms with Gasteiger partial charge in [-0.05, 0) is 25.5 Å². The van der Waals surface area contributed by atoms with Gasteiger partial charge in [-0.2, -0.15) is 0 Å². The lowest BCUT2D eigenvalue weighted by atomic mass is 10.1. The molecule has 0 unspecified atom stereocenters. The molecular weight excluding hydrogens is 377 g/mol. The van der Waals surface area contributed by atoms with Crippen LogP contribution in [0.3, 0.4) is 0 Å². The fraction of sp³-hybridized carbons (Fsp3) is 0.444. The third-order valence-electron chi connectivity index (χ3n) is 4.41. The molecular formula is C18H21Cl2N3O3. The van der Waals surface area contributed by atoms with Gasteiger partial charge >= 0.3 is 0 Å². The number of rotatable bonds is 4. The third-order valence-corrected chi connectivity index (χ3v) is 5.03. The Hall–Kier alpha value is -1.76. The van der Waals surface area contributed by atoms with Crippen molar-refractivity contribution in [2.24, 2.45) is 0 Å². The van der Waals surface area contributed by atoms with Crippen molar-refractivity contribution in [3.8, 4) is 5.75 Å². The molecule has 1 aromatic heterocycles. The fourth-order valence-corrected chi connectivity index (χ4v) is 3.61. The second-order valence-electron chi connectivity index (χ2n) is 6.29. The zero-order valence-electron chi connectivity index (χ0n) is 14.8. The van der Waals surface area contributed by atoms with Crippen molar-refractivity contribution in [3.05, 3.63) is 45.3 Å². The van der Waals surface area contributed by atoms with Gasteiger partial charge in [0.15, 0.2) is 5.75 Å². The predicted molar refractivity (Wildman–Crippen MR) is 100 cm³/mol. The maximum absolute atomic E-state index is 13.0. The van der Waals surface area contributed by atoms with Gasteiger partial charge in [0.1, 0.15) is 11.3 Å². The number of ether oxygens (including phenoxy) is 1. The highest BCUT2D eigenvalue weighted by atomic mass is 35.5. The van der Waals surface area contributed by atoms with Crippen LogP contribution < -0.4 is 4.74 Å². The smallest absolute Gasteiger partial charge is 0.259 e. The molecule has 3 rings (SSSR count). The van der Waals surface area contributed by atoms with E-state index in [0.29, 0.717) is 41.0 Å². The molecule has 1 aromatic carbocycles. The quantitative estimate of drug-likeness (QED) is 0.787. The summed E-state index contributed by atoms with van der Waals surface area (Å²) in [6, 6.07) is 5.19. The van der Waals surface area contributed by atoms with Crippen LogP contribution in [-0.4, -0.2) is 54.2 Å². The molecule has 0 radical (unpaired) electrons. The first-order valence-corrected chi connectivity index (χ1v) is 9.21. The van der Waals surface area contributed by atoms with Gasteiger partial charge < -0.3 is 14.2 Å². The van der Waals surface area contributed by atoms with Gasteiger partial charge in [0, 0.05) is 38.8 Å². The minimum atomic E-state index is -0.159. The summed E-state index contributed by atoms with van der Waals surface area (Å²) in [5, 5.41) is 4.76. The lowest BCUT2D eigenvalue weighted by Crippen LogP contribution is -2.35. The molecule has 1 aliphatic heterocycles. The minimum Gasteiger partial charge on any atom is -0.494 e. The summed E-state index contributed by atoms with van der Waals surface area (Å²) < 4.78 is 10.4. The van der Waals surface area contributed by atoms with Gasteiger partial charge in [0.05, 0.1) is 22.8 Å². The van der Waals surface area contributed by atoms with Crippen molar-refractivity contribution in [1.29, 1.82) is 0 Å². The highest BCUT2D eigenvalue weighted by molar-refractivity contribution is 6.37. The van der Waals surface area contributed by atoms with E-state index in [1.807, 2.05) is 13.0 Å². The molecule has 8 heteroatoms. The number of methoxy groups -OCH3 is 1. The lowest BCUT2D eigenvalue weighted by Gasteiger charge is -2.23. The summed E-state index contributed by atoms with van der Waals surface area (Å²) in [5.41, 5.74) is 1.23. The number of aryl methyl sites for hydroxylation is 1. The Bertz CT molecular complexity index is 794. The SMILES string of the molecule is COc1c(Cl)ccc(Cl)c1C(=O)N1CCCN(Cc2cc(C)on2)CC1. The van der Waals surface area contributed by atoms with E-state index in [9.17, 15) is 4.79 Å². The van der Waals surface area contributed by atoms with Crippen molar-refractivity contribution in [1.82, 2.24) is 15.0 Å². The molecule has 0 N–H and O–H groups in total. The standard InChI is InChI=1S/C18H21Cl2N3O3/c1-12-10-13(21-26-12)11-22-6-3-7-23(9-8-22)18(24)16-14(19)4-5-15(20)17(16)25-2/h4-5,10H,3,6-9,11H2,1-2H3. The highest BCUT2D eigenvalue weighted by Gasteiger charge is 2.26. The summed E-state index contributed by atoms with van der Waals surface area (Å²) in [4.78, 5) is 17.1. The normalized spacial score (nSPS) is 15.8. The number of amides is 1. The van der Waals surface area contributed by atoms with Crippen molar-refractivity contribution in [2.45, 2.75) is 19.9 Å². The maximum Gasteiger partial charge on any atom is 0.259 e. The van der Waals surface area contributed by atoms with Crippen LogP contribution in [0.4, 0.5) is 0 Å². The summed E-state index contributed by atoms with van der Waals surface area (Å²) >= 11 is 12.4. The Kier molecular flexibility index (Phi) is 6.06. The number of hydrogen-bond donors (Lipinski definition) is 0. The molecule has 0 aliphatic carbocycles. The molecule has 1 saturated heterocycles.